The third kappa shape index (κ3) is 3.46. The van der Waals surface area contributed by atoms with Gasteiger partial charge in [0.25, 0.3) is 0 Å². The van der Waals surface area contributed by atoms with Crippen LogP contribution in [0.2, 0.25) is 0 Å². The van der Waals surface area contributed by atoms with E-state index in [2.05, 4.69) is 0 Å². The van der Waals surface area contributed by atoms with E-state index in [0.717, 1.165) is 5.56 Å². The monoisotopic (exact) mass is 222 g/mol. The molecule has 88 valence electrons. The van der Waals surface area contributed by atoms with Gasteiger partial charge in [-0.3, -0.25) is 4.79 Å². The Labute approximate surface area is 96.0 Å². The number of carbonyl (C=O) groups excluding carboxylic acids is 1. The molecule has 4 nitrogen and oxygen atoms in total. The summed E-state index contributed by atoms with van der Waals surface area (Å²) in [7, 11) is 3.45. The first-order valence-electron chi connectivity index (χ1n) is 5.20. The Morgan fingerprint density at radius 3 is 2.75 bits per heavy atom. The molecule has 0 aromatic heterocycles. The van der Waals surface area contributed by atoms with E-state index in [1.54, 1.807) is 25.1 Å². The molecule has 1 aromatic rings. The van der Waals surface area contributed by atoms with Crippen LogP contribution in [0, 0.1) is 6.92 Å². The average Bonchev–Trinajstić information content (AvgIpc) is 2.22. The van der Waals surface area contributed by atoms with Gasteiger partial charge in [0.2, 0.25) is 5.91 Å². The van der Waals surface area contributed by atoms with Crippen molar-refractivity contribution >= 4 is 11.6 Å². The van der Waals surface area contributed by atoms with E-state index >= 15 is 0 Å². The van der Waals surface area contributed by atoms with Gasteiger partial charge < -0.3 is 15.4 Å². The first-order valence-corrected chi connectivity index (χ1v) is 5.20. The summed E-state index contributed by atoms with van der Waals surface area (Å²) in [5, 5.41) is 0. The molecule has 0 unspecified atom stereocenters. The molecule has 16 heavy (non-hydrogen) atoms. The number of hydrogen-bond donors (Lipinski definition) is 1. The van der Waals surface area contributed by atoms with Crippen LogP contribution < -0.4 is 10.5 Å². The molecule has 0 aliphatic rings. The van der Waals surface area contributed by atoms with E-state index in [1.165, 1.54) is 0 Å². The summed E-state index contributed by atoms with van der Waals surface area (Å²) in [5.41, 5.74) is 7.43. The second kappa shape index (κ2) is 5.39. The number of nitrogens with zero attached hydrogens (tertiary/aromatic N) is 1. The average molecular weight is 222 g/mol. The Bertz CT molecular complexity index is 375. The zero-order chi connectivity index (χ0) is 12.1. The van der Waals surface area contributed by atoms with Crippen molar-refractivity contribution in [3.63, 3.8) is 0 Å². The minimum atomic E-state index is 0.0474. The van der Waals surface area contributed by atoms with Crippen molar-refractivity contribution in [2.75, 3.05) is 26.4 Å². The van der Waals surface area contributed by atoms with Crippen molar-refractivity contribution < 1.29 is 9.53 Å². The van der Waals surface area contributed by atoms with Crippen LogP contribution in [0.1, 0.15) is 12.0 Å². The molecule has 0 bridgehead atoms. The van der Waals surface area contributed by atoms with E-state index in [4.69, 9.17) is 10.5 Å². The van der Waals surface area contributed by atoms with Gasteiger partial charge in [0, 0.05) is 14.1 Å². The van der Waals surface area contributed by atoms with Gasteiger partial charge in [0.1, 0.15) is 5.75 Å². The lowest BCUT2D eigenvalue weighted by Gasteiger charge is -2.12. The first-order chi connectivity index (χ1) is 7.50. The van der Waals surface area contributed by atoms with Crippen LogP contribution in [0.4, 0.5) is 5.69 Å². The maximum absolute atomic E-state index is 11.3. The summed E-state index contributed by atoms with van der Waals surface area (Å²) in [6, 6.07) is 5.60. The zero-order valence-electron chi connectivity index (χ0n) is 9.99. The lowest BCUT2D eigenvalue weighted by molar-refractivity contribution is -0.129. The molecule has 1 rings (SSSR count). The summed E-state index contributed by atoms with van der Waals surface area (Å²) in [6.45, 7) is 2.32. The van der Waals surface area contributed by atoms with Crippen molar-refractivity contribution in [3.05, 3.63) is 23.8 Å². The van der Waals surface area contributed by atoms with Crippen molar-refractivity contribution in [2.24, 2.45) is 0 Å². The van der Waals surface area contributed by atoms with Gasteiger partial charge in [-0.25, -0.2) is 0 Å². The summed E-state index contributed by atoms with van der Waals surface area (Å²) >= 11 is 0. The van der Waals surface area contributed by atoms with Gasteiger partial charge >= 0.3 is 0 Å². The number of carbonyl (C=O) groups is 1. The molecule has 0 heterocycles. The number of nitrogens with two attached hydrogens (primary N) is 1. The van der Waals surface area contributed by atoms with Crippen LogP contribution >= 0.6 is 0 Å². The van der Waals surface area contributed by atoms with Gasteiger partial charge in [-0.1, -0.05) is 6.07 Å². The minimum Gasteiger partial charge on any atom is -0.491 e. The molecule has 0 aliphatic carbocycles. The van der Waals surface area contributed by atoms with Gasteiger partial charge in [0.15, 0.2) is 0 Å². The summed E-state index contributed by atoms with van der Waals surface area (Å²) in [4.78, 5) is 12.8. The van der Waals surface area contributed by atoms with Crippen LogP contribution in [-0.4, -0.2) is 31.5 Å². The number of rotatable bonds is 4. The molecular formula is C12H18N2O2. The molecule has 1 aromatic carbocycles. The van der Waals surface area contributed by atoms with Crippen molar-refractivity contribution in [1.29, 1.82) is 0 Å². The number of nitrogen functional groups attached to an aromatic ring is 1. The molecule has 0 atom stereocenters. The van der Waals surface area contributed by atoms with E-state index in [9.17, 15) is 4.79 Å². The van der Waals surface area contributed by atoms with Crippen molar-refractivity contribution in [1.82, 2.24) is 4.90 Å². The summed E-state index contributed by atoms with van der Waals surface area (Å²) in [6.07, 6.45) is 0.361. The standard InChI is InChI=1S/C12H18N2O2/c1-9-4-5-10(13)11(8-9)16-7-6-12(15)14(2)3/h4-5,8H,6-7,13H2,1-3H3. The third-order valence-corrected chi connectivity index (χ3v) is 2.24. The number of hydrogen-bond acceptors (Lipinski definition) is 3. The van der Waals surface area contributed by atoms with Crippen LogP contribution in [-0.2, 0) is 4.79 Å². The second-order valence-electron chi connectivity index (χ2n) is 3.93. The summed E-state index contributed by atoms with van der Waals surface area (Å²) < 4.78 is 5.47. The molecule has 0 aliphatic heterocycles. The maximum Gasteiger partial charge on any atom is 0.225 e. The topological polar surface area (TPSA) is 55.6 Å². The SMILES string of the molecule is Cc1ccc(N)c(OCCC(=O)N(C)C)c1. The normalized spacial score (nSPS) is 9.94. The lowest BCUT2D eigenvalue weighted by Crippen LogP contribution is -2.23. The molecular weight excluding hydrogens is 204 g/mol. The molecule has 0 fully saturated rings. The molecule has 1 amide bonds. The van der Waals surface area contributed by atoms with Gasteiger partial charge in [0.05, 0.1) is 18.7 Å². The molecule has 0 saturated heterocycles. The fraction of sp³-hybridized carbons (Fsp3) is 0.417. The molecule has 0 saturated carbocycles. The molecule has 0 radical (unpaired) electrons. The number of ether oxygens (including phenoxy) is 1. The molecule has 2 N–H and O–H groups in total. The van der Waals surface area contributed by atoms with E-state index in [-0.39, 0.29) is 5.91 Å². The predicted octanol–water partition coefficient (Wildman–Crippen LogP) is 1.43. The fourth-order valence-corrected chi connectivity index (χ4v) is 1.24. The Balaban J connectivity index is 2.49. The first kappa shape index (κ1) is 12.4. The highest BCUT2D eigenvalue weighted by Gasteiger charge is 2.05. The highest BCUT2D eigenvalue weighted by atomic mass is 16.5. The second-order valence-corrected chi connectivity index (χ2v) is 3.93. The van der Waals surface area contributed by atoms with Crippen LogP contribution in [0.15, 0.2) is 18.2 Å². The van der Waals surface area contributed by atoms with Gasteiger partial charge in [-0.15, -0.1) is 0 Å². The molecule has 0 spiro atoms. The zero-order valence-corrected chi connectivity index (χ0v) is 9.99. The Hall–Kier alpha value is -1.71. The van der Waals surface area contributed by atoms with Crippen LogP contribution in [0.3, 0.4) is 0 Å². The third-order valence-electron chi connectivity index (χ3n) is 2.24. The maximum atomic E-state index is 11.3. The van der Waals surface area contributed by atoms with Crippen LogP contribution in [0.25, 0.3) is 0 Å². The summed E-state index contributed by atoms with van der Waals surface area (Å²) in [5.74, 6) is 0.692. The Morgan fingerprint density at radius 2 is 2.12 bits per heavy atom. The smallest absolute Gasteiger partial charge is 0.225 e. The van der Waals surface area contributed by atoms with E-state index in [1.807, 2.05) is 19.1 Å². The Morgan fingerprint density at radius 1 is 1.44 bits per heavy atom. The minimum absolute atomic E-state index is 0.0474. The Kier molecular flexibility index (Phi) is 4.17. The van der Waals surface area contributed by atoms with E-state index in [0.29, 0.717) is 24.5 Å². The highest BCUT2D eigenvalue weighted by molar-refractivity contribution is 5.75. The number of aryl methyl sites for hydroxylation is 1. The van der Waals surface area contributed by atoms with Crippen molar-refractivity contribution in [3.8, 4) is 5.75 Å². The van der Waals surface area contributed by atoms with Gasteiger partial charge in [-0.05, 0) is 24.6 Å². The van der Waals surface area contributed by atoms with Crippen LogP contribution in [0.5, 0.6) is 5.75 Å². The van der Waals surface area contributed by atoms with Crippen molar-refractivity contribution in [2.45, 2.75) is 13.3 Å². The number of amides is 1. The van der Waals surface area contributed by atoms with Gasteiger partial charge in [-0.2, -0.15) is 0 Å². The predicted molar refractivity (Wildman–Crippen MR) is 64.4 cm³/mol. The number of benzene rings is 1. The largest absolute Gasteiger partial charge is 0.491 e. The number of anilines is 1. The highest BCUT2D eigenvalue weighted by Crippen LogP contribution is 2.22. The quantitative estimate of drug-likeness (QED) is 0.784. The molecule has 4 heteroatoms. The van der Waals surface area contributed by atoms with E-state index < -0.39 is 0 Å². The fourth-order valence-electron chi connectivity index (χ4n) is 1.24. The lowest BCUT2D eigenvalue weighted by atomic mass is 10.2.